The first kappa shape index (κ1) is 16.2. The Kier molecular flexibility index (Phi) is 4.52. The molecule has 1 atom stereocenters. The van der Waals surface area contributed by atoms with Gasteiger partial charge < -0.3 is 24.2 Å². The number of methoxy groups -OCH3 is 2. The molecule has 3 rings (SSSR count). The maximum Gasteiger partial charge on any atom is 0.341 e. The van der Waals surface area contributed by atoms with Crippen molar-refractivity contribution in [3.63, 3.8) is 0 Å². The van der Waals surface area contributed by atoms with Crippen LogP contribution in [0.4, 0.5) is 10.1 Å². The third-order valence-electron chi connectivity index (χ3n) is 4.57. The summed E-state index contributed by atoms with van der Waals surface area (Å²) >= 11 is 0. The number of hydrogen-bond acceptors (Lipinski definition) is 6. The lowest BCUT2D eigenvalue weighted by molar-refractivity contribution is -0.141. The third kappa shape index (κ3) is 2.80. The van der Waals surface area contributed by atoms with E-state index < -0.39 is 18.1 Å². The van der Waals surface area contributed by atoms with Gasteiger partial charge in [0.05, 0.1) is 16.8 Å². The van der Waals surface area contributed by atoms with E-state index in [4.69, 9.17) is 9.47 Å². The summed E-state index contributed by atoms with van der Waals surface area (Å²) in [7, 11) is 3.22. The van der Waals surface area contributed by atoms with E-state index in [-0.39, 0.29) is 23.3 Å². The van der Waals surface area contributed by atoms with Crippen LogP contribution in [0.1, 0.15) is 35.1 Å². The van der Waals surface area contributed by atoms with Gasteiger partial charge in [0, 0.05) is 33.2 Å². The molecule has 0 bridgehead atoms. The molecule has 0 radical (unpaired) electrons. The molecule has 6 nitrogen and oxygen atoms in total. The smallest absolute Gasteiger partial charge is 0.341 e. The average molecular weight is 325 g/mol. The van der Waals surface area contributed by atoms with Gasteiger partial charge in [0.25, 0.3) is 0 Å². The van der Waals surface area contributed by atoms with Crippen LogP contribution in [0.25, 0.3) is 0 Å². The van der Waals surface area contributed by atoms with Crippen LogP contribution in [-0.4, -0.2) is 44.7 Å². The number of benzene rings is 1. The minimum atomic E-state index is -1.53. The van der Waals surface area contributed by atoms with Crippen molar-refractivity contribution < 1.29 is 28.5 Å². The molecule has 0 aromatic heterocycles. The Balaban J connectivity index is 1.77. The van der Waals surface area contributed by atoms with E-state index in [0.717, 1.165) is 12.8 Å². The van der Waals surface area contributed by atoms with E-state index in [0.29, 0.717) is 18.8 Å². The average Bonchev–Trinajstić information content (AvgIpc) is 2.85. The Morgan fingerprint density at radius 3 is 2.57 bits per heavy atom. The molecule has 2 aliphatic rings. The molecule has 1 aromatic rings. The van der Waals surface area contributed by atoms with Crippen LogP contribution in [0.5, 0.6) is 0 Å². The molecule has 23 heavy (non-hydrogen) atoms. The Bertz CT molecular complexity index is 596. The zero-order chi connectivity index (χ0) is 16.6. The number of cyclic esters (lactones) is 1. The van der Waals surface area contributed by atoms with Crippen molar-refractivity contribution in [2.75, 3.05) is 32.2 Å². The van der Waals surface area contributed by atoms with E-state index in [2.05, 4.69) is 4.74 Å². The predicted molar refractivity (Wildman–Crippen MR) is 79.5 cm³/mol. The number of hydrogen-bond donors (Lipinski definition) is 1. The number of halogens is 1. The van der Waals surface area contributed by atoms with Crippen molar-refractivity contribution in [1.29, 1.82) is 0 Å². The number of ether oxygens (including phenoxy) is 3. The van der Waals surface area contributed by atoms with E-state index in [1.165, 1.54) is 6.07 Å². The first-order valence-corrected chi connectivity index (χ1v) is 7.58. The SMILES string of the molecule is COC(OC)C1CCN(c2ccc3c(c2F)C(O)OC3=O)CC1. The molecule has 2 heterocycles. The molecule has 1 N–H and O–H groups in total. The molecular formula is C16H20FNO5. The second kappa shape index (κ2) is 6.43. The topological polar surface area (TPSA) is 68.2 Å². The Hall–Kier alpha value is -1.70. The maximum atomic E-state index is 14.7. The van der Waals surface area contributed by atoms with Crippen LogP contribution in [0.2, 0.25) is 0 Å². The van der Waals surface area contributed by atoms with E-state index in [1.807, 2.05) is 4.90 Å². The van der Waals surface area contributed by atoms with Gasteiger partial charge >= 0.3 is 5.97 Å². The zero-order valence-corrected chi connectivity index (χ0v) is 13.1. The summed E-state index contributed by atoms with van der Waals surface area (Å²) in [6.07, 6.45) is -0.168. The zero-order valence-electron chi connectivity index (χ0n) is 13.1. The number of rotatable bonds is 4. The summed E-state index contributed by atoms with van der Waals surface area (Å²) < 4.78 is 29.9. The van der Waals surface area contributed by atoms with Gasteiger partial charge in [-0.2, -0.15) is 0 Å². The minimum absolute atomic E-state index is 0.0683. The van der Waals surface area contributed by atoms with Crippen molar-refractivity contribution in [2.45, 2.75) is 25.4 Å². The number of anilines is 1. The van der Waals surface area contributed by atoms with Crippen LogP contribution < -0.4 is 4.90 Å². The number of fused-ring (bicyclic) bond motifs is 1. The summed E-state index contributed by atoms with van der Waals surface area (Å²) in [6.45, 7) is 1.29. The van der Waals surface area contributed by atoms with E-state index >= 15 is 0 Å². The fourth-order valence-corrected chi connectivity index (χ4v) is 3.36. The molecule has 0 saturated carbocycles. The van der Waals surface area contributed by atoms with Crippen molar-refractivity contribution >= 4 is 11.7 Å². The highest BCUT2D eigenvalue weighted by Gasteiger charge is 2.35. The van der Waals surface area contributed by atoms with Crippen LogP contribution in [0.3, 0.4) is 0 Å². The number of piperidine rings is 1. The lowest BCUT2D eigenvalue weighted by Gasteiger charge is -2.36. The van der Waals surface area contributed by atoms with Gasteiger partial charge in [-0.15, -0.1) is 0 Å². The molecule has 1 aromatic carbocycles. The summed E-state index contributed by atoms with van der Waals surface area (Å²) in [4.78, 5) is 13.4. The quantitative estimate of drug-likeness (QED) is 0.673. The molecule has 1 saturated heterocycles. The molecular weight excluding hydrogens is 305 g/mol. The van der Waals surface area contributed by atoms with Crippen molar-refractivity contribution in [3.05, 3.63) is 29.1 Å². The molecule has 2 aliphatic heterocycles. The molecule has 0 amide bonds. The second-order valence-corrected chi connectivity index (χ2v) is 5.78. The van der Waals surface area contributed by atoms with Crippen LogP contribution >= 0.6 is 0 Å². The van der Waals surface area contributed by atoms with Gasteiger partial charge in [-0.05, 0) is 25.0 Å². The Labute approximate surface area is 133 Å². The number of aliphatic hydroxyl groups excluding tert-OH is 1. The summed E-state index contributed by atoms with van der Waals surface area (Å²) in [5, 5.41) is 9.70. The summed E-state index contributed by atoms with van der Waals surface area (Å²) in [5.74, 6) is -1.02. The summed E-state index contributed by atoms with van der Waals surface area (Å²) in [6, 6.07) is 3.07. The lowest BCUT2D eigenvalue weighted by atomic mass is 9.95. The largest absolute Gasteiger partial charge is 0.428 e. The standard InChI is InChI=1S/C16H20FNO5/c1-21-16(22-2)9-5-7-18(8-6-9)11-4-3-10-12(13(11)17)15(20)23-14(10)19/h3-4,9,15-16,20H,5-8H2,1-2H3. The molecule has 1 fully saturated rings. The Morgan fingerprint density at radius 2 is 1.96 bits per heavy atom. The second-order valence-electron chi connectivity index (χ2n) is 5.78. The van der Waals surface area contributed by atoms with Crippen LogP contribution in [0, 0.1) is 11.7 Å². The predicted octanol–water partition coefficient (Wildman–Crippen LogP) is 1.82. The van der Waals surface area contributed by atoms with Gasteiger partial charge in [-0.25, -0.2) is 9.18 Å². The highest BCUT2D eigenvalue weighted by atomic mass is 19.1. The summed E-state index contributed by atoms with van der Waals surface area (Å²) in [5.41, 5.74) is 0.402. The van der Waals surface area contributed by atoms with Gasteiger partial charge in [0.15, 0.2) is 12.1 Å². The van der Waals surface area contributed by atoms with E-state index in [9.17, 15) is 14.3 Å². The van der Waals surface area contributed by atoms with Crippen molar-refractivity contribution in [3.8, 4) is 0 Å². The number of esters is 1. The first-order chi connectivity index (χ1) is 11.1. The van der Waals surface area contributed by atoms with Gasteiger partial charge in [0.2, 0.25) is 6.29 Å². The highest BCUT2D eigenvalue weighted by Crippen LogP contribution is 2.37. The molecule has 7 heteroatoms. The van der Waals surface area contributed by atoms with Crippen LogP contribution in [-0.2, 0) is 14.2 Å². The van der Waals surface area contributed by atoms with Crippen LogP contribution in [0.15, 0.2) is 12.1 Å². The molecule has 0 aliphatic carbocycles. The maximum absolute atomic E-state index is 14.7. The number of carbonyl (C=O) groups excluding carboxylic acids is 1. The minimum Gasteiger partial charge on any atom is -0.428 e. The van der Waals surface area contributed by atoms with Gasteiger partial charge in [-0.3, -0.25) is 0 Å². The number of nitrogens with zero attached hydrogens (tertiary/aromatic N) is 1. The fraction of sp³-hybridized carbons (Fsp3) is 0.562. The monoisotopic (exact) mass is 325 g/mol. The Morgan fingerprint density at radius 1 is 1.30 bits per heavy atom. The van der Waals surface area contributed by atoms with Crippen molar-refractivity contribution in [1.82, 2.24) is 0 Å². The lowest BCUT2D eigenvalue weighted by Crippen LogP contribution is -2.39. The normalized spacial score (nSPS) is 21.7. The fourth-order valence-electron chi connectivity index (χ4n) is 3.36. The van der Waals surface area contributed by atoms with Gasteiger partial charge in [-0.1, -0.05) is 0 Å². The highest BCUT2D eigenvalue weighted by molar-refractivity contribution is 5.94. The molecule has 0 spiro atoms. The third-order valence-corrected chi connectivity index (χ3v) is 4.57. The first-order valence-electron chi connectivity index (χ1n) is 7.58. The molecule has 126 valence electrons. The van der Waals surface area contributed by atoms with Crippen molar-refractivity contribution in [2.24, 2.45) is 5.92 Å². The number of aliphatic hydroxyl groups is 1. The number of carbonyl (C=O) groups is 1. The van der Waals surface area contributed by atoms with E-state index in [1.54, 1.807) is 20.3 Å². The van der Waals surface area contributed by atoms with Gasteiger partial charge in [0.1, 0.15) is 0 Å². The molecule has 1 unspecified atom stereocenters.